The fourth-order valence-electron chi connectivity index (χ4n) is 1.32. The summed E-state index contributed by atoms with van der Waals surface area (Å²) in [7, 11) is 0. The molecule has 8 heteroatoms. The zero-order valence-electron chi connectivity index (χ0n) is 9.62. The van der Waals surface area contributed by atoms with Crippen molar-refractivity contribution >= 4 is 21.8 Å². The van der Waals surface area contributed by atoms with Gasteiger partial charge >= 0.3 is 6.18 Å². The smallest absolute Gasteiger partial charge is 0.327 e. The first kappa shape index (κ1) is 15.4. The maximum atomic E-state index is 12.4. The fraction of sp³-hybridized carbons (Fsp3) is 0.364. The van der Waals surface area contributed by atoms with Gasteiger partial charge in [0.05, 0.1) is 5.56 Å². The molecule has 0 aromatic carbocycles. The molecule has 0 fully saturated rings. The standard InChI is InChI=1S/C11H9BrF3N3O/c12-3-4-18(7-11(13,14)15)10(19)9-2-1-8(5-16)6-17-9/h1-2,6H,3-4,7H2. The third-order valence-corrected chi connectivity index (χ3v) is 2.48. The Bertz CT molecular complexity index is 481. The zero-order valence-corrected chi connectivity index (χ0v) is 11.2. The van der Waals surface area contributed by atoms with Gasteiger partial charge in [-0.25, -0.2) is 4.98 Å². The van der Waals surface area contributed by atoms with Gasteiger partial charge < -0.3 is 4.90 Å². The highest BCUT2D eigenvalue weighted by atomic mass is 79.9. The minimum Gasteiger partial charge on any atom is -0.327 e. The molecule has 0 spiro atoms. The van der Waals surface area contributed by atoms with Crippen LogP contribution in [0.1, 0.15) is 16.1 Å². The number of alkyl halides is 4. The van der Waals surface area contributed by atoms with Gasteiger partial charge in [-0.15, -0.1) is 0 Å². The van der Waals surface area contributed by atoms with E-state index in [0.717, 1.165) is 6.20 Å². The van der Waals surface area contributed by atoms with Gasteiger partial charge in [0, 0.05) is 18.1 Å². The average molecular weight is 336 g/mol. The first-order chi connectivity index (χ1) is 8.87. The van der Waals surface area contributed by atoms with E-state index in [1.807, 2.05) is 6.07 Å². The number of carbonyl (C=O) groups is 1. The molecule has 19 heavy (non-hydrogen) atoms. The summed E-state index contributed by atoms with van der Waals surface area (Å²) >= 11 is 3.00. The molecule has 102 valence electrons. The van der Waals surface area contributed by atoms with Crippen LogP contribution >= 0.6 is 15.9 Å². The van der Waals surface area contributed by atoms with Crippen LogP contribution in [0.2, 0.25) is 0 Å². The largest absolute Gasteiger partial charge is 0.406 e. The molecule has 0 saturated carbocycles. The zero-order chi connectivity index (χ0) is 14.5. The Morgan fingerprint density at radius 3 is 2.58 bits per heavy atom. The second-order valence-electron chi connectivity index (χ2n) is 3.57. The van der Waals surface area contributed by atoms with Gasteiger partial charge in [-0.2, -0.15) is 18.4 Å². The lowest BCUT2D eigenvalue weighted by atomic mass is 10.2. The Morgan fingerprint density at radius 2 is 2.16 bits per heavy atom. The van der Waals surface area contributed by atoms with Crippen molar-refractivity contribution in [3.63, 3.8) is 0 Å². The minimum absolute atomic E-state index is 0.0833. The van der Waals surface area contributed by atoms with E-state index in [0.29, 0.717) is 4.90 Å². The van der Waals surface area contributed by atoms with E-state index < -0.39 is 18.6 Å². The maximum absolute atomic E-state index is 12.4. The van der Waals surface area contributed by atoms with Crippen LogP contribution in [0.5, 0.6) is 0 Å². The number of hydrogen-bond acceptors (Lipinski definition) is 3. The number of amides is 1. The molecule has 1 amide bonds. The van der Waals surface area contributed by atoms with Crippen LogP contribution in [0.4, 0.5) is 13.2 Å². The molecule has 1 rings (SSSR count). The molecule has 0 unspecified atom stereocenters. The van der Waals surface area contributed by atoms with Crippen molar-refractivity contribution in [1.29, 1.82) is 5.26 Å². The van der Waals surface area contributed by atoms with E-state index in [2.05, 4.69) is 20.9 Å². The molecule has 4 nitrogen and oxygen atoms in total. The summed E-state index contributed by atoms with van der Waals surface area (Å²) in [6.07, 6.45) is -3.32. The van der Waals surface area contributed by atoms with E-state index in [9.17, 15) is 18.0 Å². The molecule has 0 bridgehead atoms. The van der Waals surface area contributed by atoms with E-state index in [4.69, 9.17) is 5.26 Å². The van der Waals surface area contributed by atoms with Crippen LogP contribution in [-0.4, -0.2) is 40.4 Å². The first-order valence-corrected chi connectivity index (χ1v) is 6.27. The van der Waals surface area contributed by atoms with Gasteiger partial charge in [0.15, 0.2) is 0 Å². The van der Waals surface area contributed by atoms with Crippen LogP contribution in [0, 0.1) is 11.3 Å². The van der Waals surface area contributed by atoms with Crippen molar-refractivity contribution in [1.82, 2.24) is 9.88 Å². The maximum Gasteiger partial charge on any atom is 0.406 e. The van der Waals surface area contributed by atoms with Crippen LogP contribution < -0.4 is 0 Å². The van der Waals surface area contributed by atoms with Crippen LogP contribution in [0.15, 0.2) is 18.3 Å². The van der Waals surface area contributed by atoms with Crippen LogP contribution in [0.25, 0.3) is 0 Å². The highest BCUT2D eigenvalue weighted by Gasteiger charge is 2.33. The van der Waals surface area contributed by atoms with Gasteiger partial charge in [-0.05, 0) is 12.1 Å². The Morgan fingerprint density at radius 1 is 1.47 bits per heavy atom. The molecule has 1 heterocycles. The van der Waals surface area contributed by atoms with E-state index >= 15 is 0 Å². The molecular formula is C11H9BrF3N3O. The number of aromatic nitrogens is 1. The summed E-state index contributed by atoms with van der Waals surface area (Å²) in [6.45, 7) is -1.42. The van der Waals surface area contributed by atoms with Crippen molar-refractivity contribution < 1.29 is 18.0 Å². The number of rotatable bonds is 4. The second kappa shape index (κ2) is 6.52. The monoisotopic (exact) mass is 335 g/mol. The van der Waals surface area contributed by atoms with Gasteiger partial charge in [0.25, 0.3) is 5.91 Å². The third kappa shape index (κ3) is 4.87. The lowest BCUT2D eigenvalue weighted by Crippen LogP contribution is -2.40. The number of nitrogens with zero attached hydrogens (tertiary/aromatic N) is 3. The van der Waals surface area contributed by atoms with Crippen LogP contribution in [0.3, 0.4) is 0 Å². The highest BCUT2D eigenvalue weighted by molar-refractivity contribution is 9.09. The summed E-state index contributed by atoms with van der Waals surface area (Å²) in [5.74, 6) is -0.818. The lowest BCUT2D eigenvalue weighted by Gasteiger charge is -2.22. The Labute approximate surface area is 116 Å². The highest BCUT2D eigenvalue weighted by Crippen LogP contribution is 2.18. The topological polar surface area (TPSA) is 57.0 Å². The summed E-state index contributed by atoms with van der Waals surface area (Å²) < 4.78 is 37.1. The second-order valence-corrected chi connectivity index (χ2v) is 4.37. The Balaban J connectivity index is 2.89. The Hall–Kier alpha value is -1.62. The van der Waals surface area contributed by atoms with Crippen molar-refractivity contribution in [2.75, 3.05) is 18.4 Å². The van der Waals surface area contributed by atoms with Gasteiger partial charge in [-0.3, -0.25) is 4.79 Å². The van der Waals surface area contributed by atoms with Crippen LogP contribution in [-0.2, 0) is 0 Å². The molecule has 0 aliphatic rings. The minimum atomic E-state index is -4.47. The number of nitriles is 1. The predicted octanol–water partition coefficient (Wildman–Crippen LogP) is 2.35. The number of carbonyl (C=O) groups excluding carboxylic acids is 1. The van der Waals surface area contributed by atoms with Crippen molar-refractivity contribution in [3.05, 3.63) is 29.6 Å². The number of hydrogen-bond donors (Lipinski definition) is 0. The molecule has 0 atom stereocenters. The molecule has 1 aromatic rings. The molecular weight excluding hydrogens is 327 g/mol. The fourth-order valence-corrected chi connectivity index (χ4v) is 1.75. The summed E-state index contributed by atoms with van der Waals surface area (Å²) in [5, 5.41) is 8.80. The van der Waals surface area contributed by atoms with Crippen molar-refractivity contribution in [3.8, 4) is 6.07 Å². The van der Waals surface area contributed by atoms with E-state index in [-0.39, 0.29) is 23.1 Å². The molecule has 0 aliphatic carbocycles. The molecule has 0 radical (unpaired) electrons. The number of halogens is 4. The summed E-state index contributed by atoms with van der Waals surface area (Å²) in [6, 6.07) is 4.38. The van der Waals surface area contributed by atoms with E-state index in [1.54, 1.807) is 0 Å². The summed E-state index contributed by atoms with van der Waals surface area (Å²) in [5.41, 5.74) is 0.114. The first-order valence-electron chi connectivity index (χ1n) is 5.15. The summed E-state index contributed by atoms with van der Waals surface area (Å²) in [4.78, 5) is 16.2. The van der Waals surface area contributed by atoms with Gasteiger partial charge in [0.1, 0.15) is 18.3 Å². The van der Waals surface area contributed by atoms with Gasteiger partial charge in [0.2, 0.25) is 0 Å². The molecule has 0 aliphatic heterocycles. The van der Waals surface area contributed by atoms with Crippen molar-refractivity contribution in [2.24, 2.45) is 0 Å². The van der Waals surface area contributed by atoms with Crippen molar-refractivity contribution in [2.45, 2.75) is 6.18 Å². The average Bonchev–Trinajstić information content (AvgIpc) is 2.36. The third-order valence-electron chi connectivity index (χ3n) is 2.12. The lowest BCUT2D eigenvalue weighted by molar-refractivity contribution is -0.140. The van der Waals surface area contributed by atoms with E-state index in [1.165, 1.54) is 12.1 Å². The SMILES string of the molecule is N#Cc1ccc(C(=O)N(CCBr)CC(F)(F)F)nc1. The molecule has 1 aromatic heterocycles. The molecule has 0 N–H and O–H groups in total. The predicted molar refractivity (Wildman–Crippen MR) is 64.7 cm³/mol. The molecule has 0 saturated heterocycles. The number of pyridine rings is 1. The normalized spacial score (nSPS) is 10.9. The Kier molecular flexibility index (Phi) is 5.30. The quantitative estimate of drug-likeness (QED) is 0.793. The van der Waals surface area contributed by atoms with Gasteiger partial charge in [-0.1, -0.05) is 15.9 Å².